The number of carbonyl (C=O) groups excluding carboxylic acids is 3. The van der Waals surface area contributed by atoms with E-state index in [-0.39, 0.29) is 24.1 Å². The number of ether oxygens (including phenoxy) is 2. The van der Waals surface area contributed by atoms with Crippen LogP contribution in [0, 0.1) is 5.41 Å². The van der Waals surface area contributed by atoms with Crippen LogP contribution in [0.3, 0.4) is 0 Å². The van der Waals surface area contributed by atoms with Gasteiger partial charge < -0.3 is 14.8 Å². The fraction of sp³-hybridized carbons (Fsp3) is 0.318. The lowest BCUT2D eigenvalue weighted by Gasteiger charge is -2.16. The molecule has 1 N–H and O–H groups in total. The number of rotatable bonds is 8. The average Bonchev–Trinajstić information content (AvgIpc) is 2.70. The molecule has 6 nitrogen and oxygen atoms in total. The van der Waals surface area contributed by atoms with Gasteiger partial charge in [-0.1, -0.05) is 32.9 Å². The van der Waals surface area contributed by atoms with E-state index < -0.39 is 11.4 Å². The number of benzene rings is 2. The van der Waals surface area contributed by atoms with Crippen LogP contribution >= 0.6 is 11.8 Å². The summed E-state index contributed by atoms with van der Waals surface area (Å²) in [6.45, 7) is 5.04. The molecule has 0 atom stereocenters. The van der Waals surface area contributed by atoms with Crippen molar-refractivity contribution in [1.82, 2.24) is 0 Å². The maximum Gasteiger partial charge on any atom is 0.339 e. The molecule has 29 heavy (non-hydrogen) atoms. The highest BCUT2D eigenvalue weighted by Gasteiger charge is 2.23. The lowest BCUT2D eigenvalue weighted by atomic mass is 9.91. The maximum atomic E-state index is 12.4. The van der Waals surface area contributed by atoms with Crippen molar-refractivity contribution in [3.05, 3.63) is 54.1 Å². The Bertz CT molecular complexity index is 872. The third-order valence-electron chi connectivity index (χ3n) is 4.01. The van der Waals surface area contributed by atoms with Gasteiger partial charge in [-0.05, 0) is 36.4 Å². The van der Waals surface area contributed by atoms with E-state index in [1.807, 2.05) is 0 Å². The van der Waals surface area contributed by atoms with Gasteiger partial charge in [-0.3, -0.25) is 9.59 Å². The molecule has 0 saturated carbocycles. The van der Waals surface area contributed by atoms with E-state index in [0.29, 0.717) is 21.9 Å². The molecule has 0 saturated heterocycles. The number of thioether (sulfide) groups is 1. The first-order chi connectivity index (χ1) is 13.7. The first kappa shape index (κ1) is 22.5. The quantitative estimate of drug-likeness (QED) is 0.514. The van der Waals surface area contributed by atoms with E-state index in [4.69, 9.17) is 9.47 Å². The van der Waals surface area contributed by atoms with Crippen LogP contribution in [-0.2, 0) is 14.3 Å². The van der Waals surface area contributed by atoms with Crippen LogP contribution in [0.4, 0.5) is 5.69 Å². The molecule has 0 aliphatic carbocycles. The Morgan fingerprint density at radius 1 is 1.00 bits per heavy atom. The Hall–Kier alpha value is -2.80. The summed E-state index contributed by atoms with van der Waals surface area (Å²) in [5, 5.41) is 2.79. The molecule has 0 aliphatic rings. The third kappa shape index (κ3) is 6.94. The van der Waals surface area contributed by atoms with Gasteiger partial charge in [-0.25, -0.2) is 4.79 Å². The van der Waals surface area contributed by atoms with Crippen LogP contribution in [0.15, 0.2) is 53.4 Å². The molecule has 0 unspecified atom stereocenters. The predicted molar refractivity (Wildman–Crippen MR) is 114 cm³/mol. The molecular weight excluding hydrogens is 390 g/mol. The third-order valence-corrected chi connectivity index (χ3v) is 5.08. The lowest BCUT2D eigenvalue weighted by molar-refractivity contribution is -0.129. The van der Waals surface area contributed by atoms with Crippen molar-refractivity contribution in [2.45, 2.75) is 25.7 Å². The Labute approximate surface area is 175 Å². The Morgan fingerprint density at radius 2 is 1.66 bits per heavy atom. The number of methoxy groups -OCH3 is 1. The summed E-state index contributed by atoms with van der Waals surface area (Å²) in [7, 11) is 1.58. The zero-order chi connectivity index (χ0) is 21.4. The fourth-order valence-corrected chi connectivity index (χ4v) is 3.04. The van der Waals surface area contributed by atoms with Gasteiger partial charge in [0, 0.05) is 16.0 Å². The van der Waals surface area contributed by atoms with E-state index >= 15 is 0 Å². The summed E-state index contributed by atoms with van der Waals surface area (Å²) < 4.78 is 10.3. The molecule has 0 fully saturated rings. The number of hydrogen-bond donors (Lipinski definition) is 1. The molecule has 154 valence electrons. The molecule has 0 spiro atoms. The predicted octanol–water partition coefficient (Wildman–Crippen LogP) is 4.20. The van der Waals surface area contributed by atoms with Gasteiger partial charge in [-0.2, -0.15) is 0 Å². The van der Waals surface area contributed by atoms with Gasteiger partial charge in [0.1, 0.15) is 5.75 Å². The van der Waals surface area contributed by atoms with Crippen molar-refractivity contribution >= 4 is 35.1 Å². The zero-order valence-corrected chi connectivity index (χ0v) is 17.8. The van der Waals surface area contributed by atoms with Crippen molar-refractivity contribution in [2.75, 3.05) is 24.8 Å². The molecule has 2 aromatic carbocycles. The van der Waals surface area contributed by atoms with Crippen LogP contribution in [0.2, 0.25) is 0 Å². The largest absolute Gasteiger partial charge is 0.497 e. The number of amides is 1. The monoisotopic (exact) mass is 415 g/mol. The van der Waals surface area contributed by atoms with Crippen molar-refractivity contribution in [2.24, 2.45) is 5.41 Å². The van der Waals surface area contributed by atoms with Crippen LogP contribution < -0.4 is 10.1 Å². The Kier molecular flexibility index (Phi) is 7.84. The molecule has 7 heteroatoms. The van der Waals surface area contributed by atoms with Gasteiger partial charge >= 0.3 is 5.97 Å². The molecular formula is C22H25NO5S. The number of Topliss-reactive ketones (excluding diaryl/α,β-unsaturated/α-hetero) is 1. The van der Waals surface area contributed by atoms with Gasteiger partial charge in [0.05, 0.1) is 18.4 Å². The smallest absolute Gasteiger partial charge is 0.339 e. The fourth-order valence-electron chi connectivity index (χ4n) is 2.20. The zero-order valence-electron chi connectivity index (χ0n) is 17.0. The molecule has 0 aliphatic heterocycles. The van der Waals surface area contributed by atoms with Gasteiger partial charge in [-0.15, -0.1) is 11.8 Å². The van der Waals surface area contributed by atoms with Crippen LogP contribution in [-0.4, -0.2) is 37.1 Å². The standard InChI is InChI=1S/C22H25NO5S/c1-22(2,3)19(24)13-28-21(26)17-7-5-6-8-18(17)29-14-20(25)23-15-9-11-16(27-4)12-10-15/h5-12H,13-14H2,1-4H3,(H,23,25). The molecule has 0 bridgehead atoms. The van der Waals surface area contributed by atoms with E-state index in [0.717, 1.165) is 0 Å². The Balaban J connectivity index is 1.94. The number of anilines is 1. The van der Waals surface area contributed by atoms with Crippen molar-refractivity contribution in [3.63, 3.8) is 0 Å². The van der Waals surface area contributed by atoms with E-state index in [2.05, 4.69) is 5.32 Å². The Morgan fingerprint density at radius 3 is 2.28 bits per heavy atom. The van der Waals surface area contributed by atoms with Crippen molar-refractivity contribution in [3.8, 4) is 5.75 Å². The minimum atomic E-state index is -0.582. The normalized spacial score (nSPS) is 10.9. The first-order valence-electron chi connectivity index (χ1n) is 9.07. The van der Waals surface area contributed by atoms with E-state index in [1.165, 1.54) is 11.8 Å². The highest BCUT2D eigenvalue weighted by molar-refractivity contribution is 8.00. The maximum absolute atomic E-state index is 12.4. The minimum absolute atomic E-state index is 0.122. The average molecular weight is 416 g/mol. The first-order valence-corrected chi connectivity index (χ1v) is 10.1. The second kappa shape index (κ2) is 10.1. The summed E-state index contributed by atoms with van der Waals surface area (Å²) >= 11 is 1.23. The topological polar surface area (TPSA) is 81.7 Å². The summed E-state index contributed by atoms with van der Waals surface area (Å²) in [5.41, 5.74) is 0.412. The van der Waals surface area contributed by atoms with E-state index in [1.54, 1.807) is 76.4 Å². The summed E-state index contributed by atoms with van der Waals surface area (Å²) in [5.74, 6) is -0.117. The summed E-state index contributed by atoms with van der Waals surface area (Å²) in [6, 6.07) is 13.9. The molecule has 2 rings (SSSR count). The van der Waals surface area contributed by atoms with Gasteiger partial charge in [0.15, 0.2) is 12.4 Å². The number of hydrogen-bond acceptors (Lipinski definition) is 6. The van der Waals surface area contributed by atoms with Crippen molar-refractivity contribution < 1.29 is 23.9 Å². The highest BCUT2D eigenvalue weighted by atomic mass is 32.2. The van der Waals surface area contributed by atoms with Gasteiger partial charge in [0.2, 0.25) is 5.91 Å². The lowest BCUT2D eigenvalue weighted by Crippen LogP contribution is -2.26. The number of ketones is 1. The molecule has 1 amide bonds. The van der Waals surface area contributed by atoms with Gasteiger partial charge in [0.25, 0.3) is 0 Å². The molecule has 0 heterocycles. The summed E-state index contributed by atoms with van der Waals surface area (Å²) in [4.78, 5) is 37.2. The molecule has 2 aromatic rings. The van der Waals surface area contributed by atoms with Crippen molar-refractivity contribution in [1.29, 1.82) is 0 Å². The highest BCUT2D eigenvalue weighted by Crippen LogP contribution is 2.24. The molecule has 0 radical (unpaired) electrons. The summed E-state index contributed by atoms with van der Waals surface area (Å²) in [6.07, 6.45) is 0. The second-order valence-electron chi connectivity index (χ2n) is 7.31. The number of esters is 1. The molecule has 0 aromatic heterocycles. The van der Waals surface area contributed by atoms with Crippen LogP contribution in [0.5, 0.6) is 5.75 Å². The van der Waals surface area contributed by atoms with E-state index in [9.17, 15) is 14.4 Å². The van der Waals surface area contributed by atoms with Crippen LogP contribution in [0.25, 0.3) is 0 Å². The number of nitrogens with one attached hydrogen (secondary N) is 1. The second-order valence-corrected chi connectivity index (χ2v) is 8.33. The number of carbonyl (C=O) groups is 3. The SMILES string of the molecule is COc1ccc(NC(=O)CSc2ccccc2C(=O)OCC(=O)C(C)(C)C)cc1. The minimum Gasteiger partial charge on any atom is -0.497 e. The van der Waals surface area contributed by atoms with Crippen LogP contribution in [0.1, 0.15) is 31.1 Å².